The first kappa shape index (κ1) is 20.4. The molecule has 2 unspecified atom stereocenters. The van der Waals surface area contributed by atoms with Gasteiger partial charge in [0.15, 0.2) is 0 Å². The number of aliphatic carboxylic acids is 1. The molecule has 0 bridgehead atoms. The van der Waals surface area contributed by atoms with E-state index in [1.54, 1.807) is 0 Å². The van der Waals surface area contributed by atoms with Crippen LogP contribution in [0.5, 0.6) is 0 Å². The molecule has 4 N–H and O–H groups in total. The Bertz CT molecular complexity index is 334. The van der Waals surface area contributed by atoms with Crippen LogP contribution in [0.2, 0.25) is 0 Å². The maximum absolute atomic E-state index is 11.5. The number of ether oxygens (including phenoxy) is 1. The number of carbonyl (C=O) groups excluding carboxylic acids is 1. The summed E-state index contributed by atoms with van der Waals surface area (Å²) in [6.45, 7) is 6.04. The molecule has 6 nitrogen and oxygen atoms in total. The fourth-order valence-corrected chi connectivity index (χ4v) is 1.98. The Morgan fingerprint density at radius 2 is 1.91 bits per heavy atom. The second kappa shape index (κ2) is 13.1. The summed E-state index contributed by atoms with van der Waals surface area (Å²) >= 11 is 0. The minimum atomic E-state index is -0.991. The van der Waals surface area contributed by atoms with Crippen LogP contribution >= 0.6 is 0 Å². The number of allylic oxidation sites excluding steroid dienone is 1. The van der Waals surface area contributed by atoms with E-state index in [-0.39, 0.29) is 6.10 Å². The Hall–Kier alpha value is -1.56. The molecule has 0 spiro atoms. The van der Waals surface area contributed by atoms with Crippen molar-refractivity contribution >= 4 is 12.1 Å². The van der Waals surface area contributed by atoms with Gasteiger partial charge in [0.25, 0.3) is 0 Å². The fourth-order valence-electron chi connectivity index (χ4n) is 1.98. The summed E-state index contributed by atoms with van der Waals surface area (Å²) in [5, 5.41) is 11.3. The lowest BCUT2D eigenvalue weighted by atomic mass is 10.1. The number of hydrogen-bond acceptors (Lipinski definition) is 4. The Labute approximate surface area is 133 Å². The van der Waals surface area contributed by atoms with Crippen LogP contribution in [0.25, 0.3) is 0 Å². The Balaban J connectivity index is 3.51. The van der Waals surface area contributed by atoms with Gasteiger partial charge in [-0.3, -0.25) is 4.79 Å². The molecule has 0 aliphatic rings. The first-order chi connectivity index (χ1) is 10.5. The predicted molar refractivity (Wildman–Crippen MR) is 86.7 cm³/mol. The number of rotatable bonds is 13. The average Bonchev–Trinajstić information content (AvgIpc) is 2.46. The molecule has 0 rings (SSSR count). The normalized spacial score (nSPS) is 13.2. The van der Waals surface area contributed by atoms with Crippen molar-refractivity contribution in [2.24, 2.45) is 5.73 Å². The van der Waals surface area contributed by atoms with E-state index in [1.165, 1.54) is 0 Å². The topological polar surface area (TPSA) is 102 Å². The number of unbranched alkanes of at least 4 members (excludes halogenated alkanes) is 4. The zero-order valence-electron chi connectivity index (χ0n) is 13.6. The number of nitrogens with one attached hydrogen (secondary N) is 1. The SMILES string of the molecule is C=CCCCCCC(C)OC(=O)NCCCCC(N)C(=O)O. The third-order valence-corrected chi connectivity index (χ3v) is 3.36. The lowest BCUT2D eigenvalue weighted by Gasteiger charge is -2.14. The molecule has 0 saturated heterocycles. The third kappa shape index (κ3) is 12.2. The molecule has 128 valence electrons. The maximum atomic E-state index is 11.5. The molecule has 0 heterocycles. The summed E-state index contributed by atoms with van der Waals surface area (Å²) < 4.78 is 5.23. The summed E-state index contributed by atoms with van der Waals surface area (Å²) in [5.41, 5.74) is 5.38. The molecule has 0 aliphatic carbocycles. The van der Waals surface area contributed by atoms with Crippen molar-refractivity contribution in [3.05, 3.63) is 12.7 Å². The van der Waals surface area contributed by atoms with E-state index in [0.29, 0.717) is 25.8 Å². The summed E-state index contributed by atoms with van der Waals surface area (Å²) in [6.07, 6.45) is 8.33. The highest BCUT2D eigenvalue weighted by Gasteiger charge is 2.11. The van der Waals surface area contributed by atoms with Crippen molar-refractivity contribution < 1.29 is 19.4 Å². The molecule has 0 aromatic carbocycles. The number of carboxylic acid groups (broad SMARTS) is 1. The Morgan fingerprint density at radius 3 is 2.55 bits per heavy atom. The van der Waals surface area contributed by atoms with Crippen LogP contribution < -0.4 is 11.1 Å². The fraction of sp³-hybridized carbons (Fsp3) is 0.750. The minimum absolute atomic E-state index is 0.0934. The third-order valence-electron chi connectivity index (χ3n) is 3.36. The molecule has 0 aromatic heterocycles. The second-order valence-electron chi connectivity index (χ2n) is 5.51. The zero-order chi connectivity index (χ0) is 16.8. The minimum Gasteiger partial charge on any atom is -0.480 e. The molecular weight excluding hydrogens is 284 g/mol. The number of carboxylic acids is 1. The van der Waals surface area contributed by atoms with E-state index in [2.05, 4.69) is 11.9 Å². The van der Waals surface area contributed by atoms with Crippen LogP contribution in [-0.4, -0.2) is 35.9 Å². The summed E-state index contributed by atoms with van der Waals surface area (Å²) in [6, 6.07) is -0.826. The van der Waals surface area contributed by atoms with Gasteiger partial charge in [0.05, 0.1) is 0 Å². The smallest absolute Gasteiger partial charge is 0.407 e. The van der Waals surface area contributed by atoms with Crippen LogP contribution in [0, 0.1) is 0 Å². The van der Waals surface area contributed by atoms with Crippen molar-refractivity contribution in [2.75, 3.05) is 6.54 Å². The van der Waals surface area contributed by atoms with Crippen molar-refractivity contribution in [1.82, 2.24) is 5.32 Å². The van der Waals surface area contributed by atoms with Gasteiger partial charge < -0.3 is 20.9 Å². The molecule has 0 aliphatic heterocycles. The lowest BCUT2D eigenvalue weighted by Crippen LogP contribution is -2.31. The molecule has 2 atom stereocenters. The molecule has 0 radical (unpaired) electrons. The van der Waals surface area contributed by atoms with Gasteiger partial charge in [-0.05, 0) is 51.9 Å². The van der Waals surface area contributed by atoms with E-state index in [1.807, 2.05) is 13.0 Å². The Morgan fingerprint density at radius 1 is 1.23 bits per heavy atom. The number of hydrogen-bond donors (Lipinski definition) is 3. The molecule has 6 heteroatoms. The van der Waals surface area contributed by atoms with Gasteiger partial charge in [0.1, 0.15) is 12.1 Å². The molecule has 0 saturated carbocycles. The average molecular weight is 314 g/mol. The number of alkyl carbamates (subject to hydrolysis) is 1. The standard InChI is InChI=1S/C16H30N2O4/c1-3-4-5-6-7-10-13(2)22-16(21)18-12-9-8-11-14(17)15(19)20/h3,13-14H,1,4-12,17H2,2H3,(H,18,21)(H,19,20). The van der Waals surface area contributed by atoms with Crippen molar-refractivity contribution in [3.8, 4) is 0 Å². The predicted octanol–water partition coefficient (Wildman–Crippen LogP) is 2.82. The van der Waals surface area contributed by atoms with E-state index in [0.717, 1.165) is 32.1 Å². The number of amides is 1. The quantitative estimate of drug-likeness (QED) is 0.358. The molecule has 1 amide bonds. The highest BCUT2D eigenvalue weighted by atomic mass is 16.6. The van der Waals surface area contributed by atoms with E-state index < -0.39 is 18.1 Å². The van der Waals surface area contributed by atoms with Crippen LogP contribution in [0.1, 0.15) is 58.3 Å². The number of nitrogens with two attached hydrogens (primary N) is 1. The molecule has 0 fully saturated rings. The van der Waals surface area contributed by atoms with Crippen LogP contribution in [0.15, 0.2) is 12.7 Å². The zero-order valence-corrected chi connectivity index (χ0v) is 13.6. The van der Waals surface area contributed by atoms with Gasteiger partial charge in [0, 0.05) is 6.54 Å². The first-order valence-corrected chi connectivity index (χ1v) is 8.01. The summed E-state index contributed by atoms with van der Waals surface area (Å²) in [4.78, 5) is 22.0. The van der Waals surface area contributed by atoms with Gasteiger partial charge in [-0.15, -0.1) is 6.58 Å². The van der Waals surface area contributed by atoms with Crippen LogP contribution in [-0.2, 0) is 9.53 Å². The van der Waals surface area contributed by atoms with Gasteiger partial charge in [-0.25, -0.2) is 4.79 Å². The number of carbonyl (C=O) groups is 2. The monoisotopic (exact) mass is 314 g/mol. The van der Waals surface area contributed by atoms with E-state index >= 15 is 0 Å². The van der Waals surface area contributed by atoms with E-state index in [9.17, 15) is 9.59 Å². The second-order valence-corrected chi connectivity index (χ2v) is 5.51. The van der Waals surface area contributed by atoms with Gasteiger partial charge in [0.2, 0.25) is 0 Å². The van der Waals surface area contributed by atoms with E-state index in [4.69, 9.17) is 15.6 Å². The highest BCUT2D eigenvalue weighted by molar-refractivity contribution is 5.72. The molecule has 0 aromatic rings. The first-order valence-electron chi connectivity index (χ1n) is 8.01. The van der Waals surface area contributed by atoms with Crippen molar-refractivity contribution in [2.45, 2.75) is 70.4 Å². The highest BCUT2D eigenvalue weighted by Crippen LogP contribution is 2.08. The molecular formula is C16H30N2O4. The lowest BCUT2D eigenvalue weighted by molar-refractivity contribution is -0.138. The molecule has 22 heavy (non-hydrogen) atoms. The van der Waals surface area contributed by atoms with Crippen LogP contribution in [0.3, 0.4) is 0 Å². The van der Waals surface area contributed by atoms with Crippen LogP contribution in [0.4, 0.5) is 4.79 Å². The Kier molecular flexibility index (Phi) is 12.2. The maximum Gasteiger partial charge on any atom is 0.407 e. The van der Waals surface area contributed by atoms with Gasteiger partial charge >= 0.3 is 12.1 Å². The largest absolute Gasteiger partial charge is 0.480 e. The van der Waals surface area contributed by atoms with Gasteiger partial charge in [-0.2, -0.15) is 0 Å². The van der Waals surface area contributed by atoms with Crippen molar-refractivity contribution in [3.63, 3.8) is 0 Å². The summed E-state index contributed by atoms with van der Waals surface area (Å²) in [5.74, 6) is -0.991. The van der Waals surface area contributed by atoms with Crippen molar-refractivity contribution in [1.29, 1.82) is 0 Å². The van der Waals surface area contributed by atoms with Gasteiger partial charge in [-0.1, -0.05) is 12.5 Å². The summed E-state index contributed by atoms with van der Waals surface area (Å²) in [7, 11) is 0.